The Bertz CT molecular complexity index is 1440. The Labute approximate surface area is 396 Å². The first-order chi connectivity index (χ1) is 29.4. The van der Waals surface area contributed by atoms with Gasteiger partial charge >= 0.3 is 0 Å². The number of fused-ring (bicyclic) bond motifs is 2. The lowest BCUT2D eigenvalue weighted by Crippen LogP contribution is -2.14. The zero-order valence-corrected chi connectivity index (χ0v) is 43.3. The van der Waals surface area contributed by atoms with E-state index < -0.39 is 0 Å². The average Bonchev–Trinajstić information content (AvgIpc) is 3.25. The van der Waals surface area contributed by atoms with Crippen LogP contribution < -0.4 is 9.47 Å². The van der Waals surface area contributed by atoms with Gasteiger partial charge in [-0.3, -0.25) is 0 Å². The number of aromatic hydroxyl groups is 2. The Balaban J connectivity index is 1.88. The molecule has 0 saturated carbocycles. The maximum Gasteiger partial charge on any atom is 0.140 e. The lowest BCUT2D eigenvalue weighted by Gasteiger charge is -2.24. The van der Waals surface area contributed by atoms with Crippen molar-refractivity contribution in [1.29, 1.82) is 0 Å². The molecule has 3 aromatic carbocycles. The summed E-state index contributed by atoms with van der Waals surface area (Å²) in [6.07, 6.45) is 41.5. The van der Waals surface area contributed by atoms with Gasteiger partial charge in [0.05, 0.1) is 31.1 Å². The van der Waals surface area contributed by atoms with E-state index in [0.717, 1.165) is 17.9 Å². The first-order valence-corrected chi connectivity index (χ1v) is 27.6. The quantitative estimate of drug-likeness (QED) is 0.0341. The van der Waals surface area contributed by atoms with Crippen LogP contribution in [0.4, 0.5) is 0 Å². The Morgan fingerprint density at radius 3 is 0.900 bits per heavy atom. The molecule has 0 radical (unpaired) electrons. The second-order valence-electron chi connectivity index (χ2n) is 18.3. The van der Waals surface area contributed by atoms with Crippen LogP contribution in [-0.4, -0.2) is 23.4 Å². The van der Waals surface area contributed by atoms with Crippen molar-refractivity contribution in [2.75, 3.05) is 13.2 Å². The summed E-state index contributed by atoms with van der Waals surface area (Å²) in [5.41, 5.74) is 0. The molecule has 0 aliphatic carbocycles. The fraction of sp³-hybridized carbons (Fsp3) is 0.741. The number of ether oxygens (including phenoxy) is 2. The van der Waals surface area contributed by atoms with Gasteiger partial charge in [0.1, 0.15) is 23.0 Å². The zero-order valence-electron chi connectivity index (χ0n) is 39.0. The van der Waals surface area contributed by atoms with Crippen LogP contribution in [0.3, 0.4) is 0 Å². The molecule has 0 amide bonds. The van der Waals surface area contributed by atoms with Gasteiger partial charge in [0.2, 0.25) is 0 Å². The number of hydrogen-bond donors (Lipinski definition) is 2. The van der Waals surface area contributed by atoms with E-state index in [-0.39, 0.29) is 11.5 Å². The highest BCUT2D eigenvalue weighted by atomic mass is 127. The van der Waals surface area contributed by atoms with Crippen molar-refractivity contribution in [3.63, 3.8) is 0 Å². The van der Waals surface area contributed by atoms with Gasteiger partial charge in [-0.05, 0) is 107 Å². The molecular weight excluding hydrogens is 966 g/mol. The highest BCUT2D eigenvalue weighted by molar-refractivity contribution is 14.1. The Hall–Kier alpha value is -1.16. The van der Waals surface area contributed by atoms with Crippen molar-refractivity contribution < 1.29 is 19.7 Å². The van der Waals surface area contributed by atoms with Crippen LogP contribution in [0.15, 0.2) is 24.3 Å². The summed E-state index contributed by atoms with van der Waals surface area (Å²) in [5, 5.41) is 26.8. The van der Waals surface area contributed by atoms with E-state index in [1.807, 2.05) is 12.1 Å². The number of halogens is 2. The largest absolute Gasteiger partial charge is 0.506 e. The Morgan fingerprint density at radius 1 is 0.383 bits per heavy atom. The van der Waals surface area contributed by atoms with Crippen LogP contribution in [0.5, 0.6) is 23.0 Å². The second kappa shape index (κ2) is 33.4. The molecule has 0 fully saturated rings. The van der Waals surface area contributed by atoms with Crippen molar-refractivity contribution in [2.24, 2.45) is 11.8 Å². The van der Waals surface area contributed by atoms with Gasteiger partial charge < -0.3 is 19.7 Å². The highest BCUT2D eigenvalue weighted by Crippen LogP contribution is 2.51. The summed E-state index contributed by atoms with van der Waals surface area (Å²) in [6.45, 7) is 10.4. The molecule has 6 heteroatoms. The molecule has 4 nitrogen and oxygen atoms in total. The van der Waals surface area contributed by atoms with Crippen LogP contribution in [0.25, 0.3) is 21.5 Å². The smallest absolute Gasteiger partial charge is 0.140 e. The molecule has 0 bridgehead atoms. The minimum atomic E-state index is 0.242. The van der Waals surface area contributed by atoms with E-state index in [1.54, 1.807) is 0 Å². The molecule has 0 aliphatic heterocycles. The number of benzene rings is 3. The third-order valence-electron chi connectivity index (χ3n) is 13.0. The van der Waals surface area contributed by atoms with Gasteiger partial charge in [-0.1, -0.05) is 207 Å². The summed E-state index contributed by atoms with van der Waals surface area (Å²) < 4.78 is 15.6. The molecule has 3 rings (SSSR count). The van der Waals surface area contributed by atoms with Gasteiger partial charge in [0.15, 0.2) is 0 Å². The minimum Gasteiger partial charge on any atom is -0.506 e. The predicted octanol–water partition coefficient (Wildman–Crippen LogP) is 19.2. The fourth-order valence-corrected chi connectivity index (χ4v) is 10.0. The lowest BCUT2D eigenvalue weighted by atomic mass is 9.94. The van der Waals surface area contributed by atoms with E-state index in [4.69, 9.17) is 9.47 Å². The summed E-state index contributed by atoms with van der Waals surface area (Å²) in [7, 11) is 0. The Morgan fingerprint density at radius 2 is 0.633 bits per heavy atom. The first-order valence-electron chi connectivity index (χ1n) is 25.4. The number of rotatable bonds is 38. The van der Waals surface area contributed by atoms with Crippen LogP contribution in [-0.2, 0) is 0 Å². The summed E-state index contributed by atoms with van der Waals surface area (Å²) in [6, 6.07) is 8.10. The minimum absolute atomic E-state index is 0.242. The maximum absolute atomic E-state index is 11.8. The number of phenolic OH excluding ortho intramolecular Hbond substituents is 2. The fourth-order valence-electron chi connectivity index (χ4n) is 9.12. The van der Waals surface area contributed by atoms with Crippen molar-refractivity contribution in [2.45, 2.75) is 233 Å². The topological polar surface area (TPSA) is 58.9 Å². The summed E-state index contributed by atoms with van der Waals surface area (Å²) in [4.78, 5) is 0. The third-order valence-corrected chi connectivity index (χ3v) is 14.7. The molecule has 2 N–H and O–H groups in total. The molecule has 0 spiro atoms. The number of hydrogen-bond acceptors (Lipinski definition) is 4. The molecule has 0 aliphatic rings. The number of phenols is 2. The monoisotopic (exact) mass is 1050 g/mol. The van der Waals surface area contributed by atoms with Crippen LogP contribution >= 0.6 is 45.2 Å². The van der Waals surface area contributed by atoms with E-state index in [9.17, 15) is 10.2 Å². The SMILES string of the molecule is CCCCCCCCCCC(CCCCCCCC)COc1c2ccc(I)c(O)c2c(OCC(CCCCCCCC)CCCCCCCCCC)c2ccc(I)c(O)c12. The van der Waals surface area contributed by atoms with Gasteiger partial charge in [0.25, 0.3) is 0 Å². The molecule has 0 saturated heterocycles. The predicted molar refractivity (Wildman–Crippen MR) is 279 cm³/mol. The van der Waals surface area contributed by atoms with E-state index >= 15 is 0 Å². The van der Waals surface area contributed by atoms with Crippen molar-refractivity contribution in [3.05, 3.63) is 31.4 Å². The van der Waals surface area contributed by atoms with Crippen LogP contribution in [0.1, 0.15) is 233 Å². The molecule has 0 heterocycles. The average molecular weight is 1060 g/mol. The van der Waals surface area contributed by atoms with E-state index in [1.165, 1.54) is 205 Å². The lowest BCUT2D eigenvalue weighted by molar-refractivity contribution is 0.224. The second-order valence-corrected chi connectivity index (χ2v) is 20.6. The Kier molecular flexibility index (Phi) is 29.6. The van der Waals surface area contributed by atoms with Crippen molar-refractivity contribution in [1.82, 2.24) is 0 Å². The molecule has 2 atom stereocenters. The maximum atomic E-state index is 11.8. The standard InChI is InChI=1S/C54H88I2O4/c1-5-9-13-17-21-23-27-31-35-43(33-29-25-19-15-11-7-3)41-59-53-45-37-39-48(56)52(58)50(45)54(46-38-40-47(55)51(57)49(46)53)60-42-44(34-30-26-20-16-12-8-4)36-32-28-24-22-18-14-10-6-2/h37-40,43-44,57-58H,5-36,41-42H2,1-4H3. The normalized spacial score (nSPS) is 12.8. The van der Waals surface area contributed by atoms with Crippen LogP contribution in [0.2, 0.25) is 0 Å². The van der Waals surface area contributed by atoms with E-state index in [0.29, 0.717) is 47.3 Å². The molecule has 0 aromatic heterocycles. The molecule has 3 aromatic rings. The van der Waals surface area contributed by atoms with Gasteiger partial charge in [-0.2, -0.15) is 0 Å². The summed E-state index contributed by atoms with van der Waals surface area (Å²) in [5.74, 6) is 2.76. The van der Waals surface area contributed by atoms with Crippen molar-refractivity contribution >= 4 is 66.7 Å². The zero-order chi connectivity index (χ0) is 43.2. The third kappa shape index (κ3) is 19.7. The number of unbranched alkanes of at least 4 members (excludes halogenated alkanes) is 24. The van der Waals surface area contributed by atoms with Crippen molar-refractivity contribution in [3.8, 4) is 23.0 Å². The van der Waals surface area contributed by atoms with Gasteiger partial charge in [-0.25, -0.2) is 0 Å². The molecule has 60 heavy (non-hydrogen) atoms. The molecule has 2 unspecified atom stereocenters. The molecular formula is C54H88I2O4. The van der Waals surface area contributed by atoms with Gasteiger partial charge in [0, 0.05) is 10.8 Å². The van der Waals surface area contributed by atoms with E-state index in [2.05, 4.69) is 85.0 Å². The molecule has 342 valence electrons. The van der Waals surface area contributed by atoms with Gasteiger partial charge in [-0.15, -0.1) is 0 Å². The first kappa shape index (κ1) is 53.2. The highest BCUT2D eigenvalue weighted by Gasteiger charge is 2.25. The van der Waals surface area contributed by atoms with Crippen LogP contribution in [0, 0.1) is 19.0 Å². The summed E-state index contributed by atoms with van der Waals surface area (Å²) >= 11 is 4.48.